The van der Waals surface area contributed by atoms with Gasteiger partial charge in [-0.2, -0.15) is 0 Å². The molecule has 1 aliphatic heterocycles. The van der Waals surface area contributed by atoms with E-state index in [1.54, 1.807) is 0 Å². The predicted octanol–water partition coefficient (Wildman–Crippen LogP) is 0.923. The van der Waals surface area contributed by atoms with Crippen molar-refractivity contribution < 1.29 is 9.90 Å². The van der Waals surface area contributed by atoms with Crippen molar-refractivity contribution in [1.29, 1.82) is 0 Å². The van der Waals surface area contributed by atoms with Crippen LogP contribution in [0, 0.1) is 5.92 Å². The standard InChI is InChI=1S/C12H22N2O2/c1-9(6-12(15)16)13-7-10-4-5-14(8-10)11-2-3-11/h9-11,13H,2-8H2,1H3,(H,15,16). The largest absolute Gasteiger partial charge is 0.481 e. The molecule has 0 bridgehead atoms. The van der Waals surface area contributed by atoms with Crippen molar-refractivity contribution in [2.24, 2.45) is 5.92 Å². The quantitative estimate of drug-likeness (QED) is 0.707. The van der Waals surface area contributed by atoms with Gasteiger partial charge in [-0.1, -0.05) is 0 Å². The third-order valence-corrected chi connectivity index (χ3v) is 3.62. The van der Waals surface area contributed by atoms with E-state index in [4.69, 9.17) is 5.11 Å². The molecule has 2 atom stereocenters. The van der Waals surface area contributed by atoms with Crippen LogP contribution in [0.4, 0.5) is 0 Å². The van der Waals surface area contributed by atoms with Crippen molar-refractivity contribution in [3.8, 4) is 0 Å². The van der Waals surface area contributed by atoms with Crippen LogP contribution in [0.1, 0.15) is 32.6 Å². The molecule has 1 heterocycles. The second kappa shape index (κ2) is 5.15. The lowest BCUT2D eigenvalue weighted by atomic mass is 10.1. The summed E-state index contributed by atoms with van der Waals surface area (Å²) in [5, 5.41) is 12.0. The van der Waals surface area contributed by atoms with Gasteiger partial charge >= 0.3 is 5.97 Å². The Hall–Kier alpha value is -0.610. The van der Waals surface area contributed by atoms with Crippen LogP contribution in [0.5, 0.6) is 0 Å². The highest BCUT2D eigenvalue weighted by molar-refractivity contribution is 5.67. The number of nitrogens with zero attached hydrogens (tertiary/aromatic N) is 1. The Labute approximate surface area is 97.0 Å². The highest BCUT2D eigenvalue weighted by Crippen LogP contribution is 2.31. The molecule has 4 heteroatoms. The first-order valence-corrected chi connectivity index (χ1v) is 6.34. The zero-order valence-electron chi connectivity index (χ0n) is 9.98. The maximum absolute atomic E-state index is 10.5. The van der Waals surface area contributed by atoms with Crippen molar-refractivity contribution >= 4 is 5.97 Å². The Morgan fingerprint density at radius 2 is 2.25 bits per heavy atom. The summed E-state index contributed by atoms with van der Waals surface area (Å²) in [6.45, 7) is 5.36. The average molecular weight is 226 g/mol. The second-order valence-electron chi connectivity index (χ2n) is 5.29. The van der Waals surface area contributed by atoms with E-state index >= 15 is 0 Å². The molecule has 2 unspecified atom stereocenters. The summed E-state index contributed by atoms with van der Waals surface area (Å²) in [5.41, 5.74) is 0. The Kier molecular flexibility index (Phi) is 3.82. The molecule has 16 heavy (non-hydrogen) atoms. The number of hydrogen-bond donors (Lipinski definition) is 2. The number of rotatable bonds is 6. The Morgan fingerprint density at radius 3 is 2.88 bits per heavy atom. The maximum Gasteiger partial charge on any atom is 0.304 e. The summed E-state index contributed by atoms with van der Waals surface area (Å²) in [7, 11) is 0. The summed E-state index contributed by atoms with van der Waals surface area (Å²) in [4.78, 5) is 13.1. The molecular weight excluding hydrogens is 204 g/mol. The zero-order valence-corrected chi connectivity index (χ0v) is 9.98. The van der Waals surface area contributed by atoms with E-state index in [-0.39, 0.29) is 12.5 Å². The minimum absolute atomic E-state index is 0.0903. The number of carboxylic acid groups (broad SMARTS) is 1. The second-order valence-corrected chi connectivity index (χ2v) is 5.29. The van der Waals surface area contributed by atoms with Crippen LogP contribution in [-0.2, 0) is 4.79 Å². The molecular formula is C12H22N2O2. The van der Waals surface area contributed by atoms with Crippen molar-refractivity contribution in [3.63, 3.8) is 0 Å². The summed E-state index contributed by atoms with van der Waals surface area (Å²) in [6, 6.07) is 0.967. The number of hydrogen-bond acceptors (Lipinski definition) is 3. The smallest absolute Gasteiger partial charge is 0.304 e. The SMILES string of the molecule is CC(CC(=O)O)NCC1CCN(C2CC2)C1. The first kappa shape index (κ1) is 11.9. The molecule has 0 amide bonds. The summed E-state index contributed by atoms with van der Waals surface area (Å²) < 4.78 is 0. The Bertz CT molecular complexity index is 253. The summed E-state index contributed by atoms with van der Waals surface area (Å²) in [5.74, 6) is 0.00266. The van der Waals surface area contributed by atoms with Gasteiger partial charge < -0.3 is 15.3 Å². The van der Waals surface area contributed by atoms with Crippen LogP contribution in [0.25, 0.3) is 0 Å². The highest BCUT2D eigenvalue weighted by Gasteiger charge is 2.34. The van der Waals surface area contributed by atoms with Crippen LogP contribution in [0.3, 0.4) is 0 Å². The molecule has 0 spiro atoms. The molecule has 2 aliphatic rings. The third kappa shape index (κ3) is 3.46. The van der Waals surface area contributed by atoms with Gasteiger partial charge in [0, 0.05) is 18.6 Å². The lowest BCUT2D eigenvalue weighted by Gasteiger charge is -2.17. The molecule has 2 fully saturated rings. The van der Waals surface area contributed by atoms with Crippen LogP contribution in [0.2, 0.25) is 0 Å². The van der Waals surface area contributed by atoms with Gasteiger partial charge in [-0.3, -0.25) is 4.79 Å². The van der Waals surface area contributed by atoms with E-state index in [1.807, 2.05) is 6.92 Å². The van der Waals surface area contributed by atoms with Crippen molar-refractivity contribution in [1.82, 2.24) is 10.2 Å². The third-order valence-electron chi connectivity index (χ3n) is 3.62. The van der Waals surface area contributed by atoms with Gasteiger partial charge in [0.1, 0.15) is 0 Å². The fourth-order valence-corrected chi connectivity index (χ4v) is 2.50. The van der Waals surface area contributed by atoms with E-state index in [0.29, 0.717) is 0 Å². The topological polar surface area (TPSA) is 52.6 Å². The van der Waals surface area contributed by atoms with Crippen LogP contribution < -0.4 is 5.32 Å². The number of carbonyl (C=O) groups is 1. The number of nitrogens with one attached hydrogen (secondary N) is 1. The number of likely N-dealkylation sites (tertiary alicyclic amines) is 1. The van der Waals surface area contributed by atoms with Gasteiger partial charge in [0.25, 0.3) is 0 Å². The molecule has 2 rings (SSSR count). The van der Waals surface area contributed by atoms with E-state index in [2.05, 4.69) is 10.2 Å². The Balaban J connectivity index is 1.61. The van der Waals surface area contributed by atoms with E-state index in [9.17, 15) is 4.79 Å². The summed E-state index contributed by atoms with van der Waals surface area (Å²) >= 11 is 0. The number of aliphatic carboxylic acids is 1. The van der Waals surface area contributed by atoms with E-state index < -0.39 is 5.97 Å². The van der Waals surface area contributed by atoms with Crippen LogP contribution in [-0.4, -0.2) is 47.7 Å². The first-order valence-electron chi connectivity index (χ1n) is 6.34. The fraction of sp³-hybridized carbons (Fsp3) is 0.917. The predicted molar refractivity (Wildman–Crippen MR) is 62.4 cm³/mol. The minimum Gasteiger partial charge on any atom is -0.481 e. The van der Waals surface area contributed by atoms with Crippen molar-refractivity contribution in [2.75, 3.05) is 19.6 Å². The maximum atomic E-state index is 10.5. The average Bonchev–Trinajstić information content (AvgIpc) is 2.94. The van der Waals surface area contributed by atoms with Gasteiger partial charge in [0.05, 0.1) is 6.42 Å². The molecule has 0 aromatic heterocycles. The van der Waals surface area contributed by atoms with Gasteiger partial charge in [0.2, 0.25) is 0 Å². The Morgan fingerprint density at radius 1 is 1.50 bits per heavy atom. The zero-order chi connectivity index (χ0) is 11.5. The lowest BCUT2D eigenvalue weighted by molar-refractivity contribution is -0.137. The van der Waals surface area contributed by atoms with Gasteiger partial charge in [-0.15, -0.1) is 0 Å². The van der Waals surface area contributed by atoms with Gasteiger partial charge in [-0.25, -0.2) is 0 Å². The van der Waals surface area contributed by atoms with Gasteiger partial charge in [-0.05, 0) is 45.2 Å². The normalized spacial score (nSPS) is 28.2. The minimum atomic E-state index is -0.717. The first-order chi connectivity index (χ1) is 7.65. The molecule has 2 N–H and O–H groups in total. The van der Waals surface area contributed by atoms with E-state index in [1.165, 1.54) is 32.4 Å². The van der Waals surface area contributed by atoms with Crippen LogP contribution in [0.15, 0.2) is 0 Å². The molecule has 92 valence electrons. The van der Waals surface area contributed by atoms with Crippen molar-refractivity contribution in [3.05, 3.63) is 0 Å². The molecule has 4 nitrogen and oxygen atoms in total. The van der Waals surface area contributed by atoms with Crippen LogP contribution >= 0.6 is 0 Å². The highest BCUT2D eigenvalue weighted by atomic mass is 16.4. The number of carboxylic acids is 1. The molecule has 0 radical (unpaired) electrons. The van der Waals surface area contributed by atoms with E-state index in [0.717, 1.165) is 18.5 Å². The molecule has 1 saturated carbocycles. The molecule has 1 aliphatic carbocycles. The molecule has 0 aromatic carbocycles. The lowest BCUT2D eigenvalue weighted by Crippen LogP contribution is -2.34. The van der Waals surface area contributed by atoms with Gasteiger partial charge in [0.15, 0.2) is 0 Å². The summed E-state index contributed by atoms with van der Waals surface area (Å²) in [6.07, 6.45) is 4.26. The van der Waals surface area contributed by atoms with Crippen molar-refractivity contribution in [2.45, 2.75) is 44.7 Å². The fourth-order valence-electron chi connectivity index (χ4n) is 2.50. The molecule has 0 aromatic rings. The molecule has 1 saturated heterocycles. The monoisotopic (exact) mass is 226 g/mol.